The van der Waals surface area contributed by atoms with E-state index in [1.165, 1.54) is 23.5 Å². The van der Waals surface area contributed by atoms with Gasteiger partial charge in [0.05, 0.1) is 30.5 Å². The molecule has 0 bridgehead atoms. The smallest absolute Gasteiger partial charge is 0.336 e. The number of carboxylic acid groups (broad SMARTS) is 1. The molecule has 7 nitrogen and oxygen atoms in total. The summed E-state index contributed by atoms with van der Waals surface area (Å²) in [5.41, 5.74) is 2.77. The molecule has 9 heteroatoms. The molecule has 0 aliphatic heterocycles. The molecule has 1 aromatic heterocycles. The second kappa shape index (κ2) is 8.16. The van der Waals surface area contributed by atoms with Crippen molar-refractivity contribution in [3.8, 4) is 0 Å². The summed E-state index contributed by atoms with van der Waals surface area (Å²) in [6.07, 6.45) is 1.12. The van der Waals surface area contributed by atoms with Gasteiger partial charge in [0.15, 0.2) is 0 Å². The van der Waals surface area contributed by atoms with E-state index < -0.39 is 11.8 Å². The first-order valence-electron chi connectivity index (χ1n) is 6.92. The van der Waals surface area contributed by atoms with E-state index >= 15 is 0 Å². The Bertz CT molecular complexity index is 776. The number of nitrogens with zero attached hydrogens (tertiary/aromatic N) is 2. The van der Waals surface area contributed by atoms with Crippen LogP contribution in [0.5, 0.6) is 0 Å². The molecule has 0 radical (unpaired) electrons. The number of thiazole rings is 1. The fourth-order valence-electron chi connectivity index (χ4n) is 1.81. The molecule has 0 aliphatic carbocycles. The van der Waals surface area contributed by atoms with Crippen molar-refractivity contribution in [2.75, 3.05) is 12.0 Å². The second-order valence-electron chi connectivity index (χ2n) is 4.50. The minimum Gasteiger partial charge on any atom is -0.478 e. The molecule has 1 aromatic carbocycles. The normalized spacial score (nSPS) is 10.8. The van der Waals surface area contributed by atoms with E-state index in [2.05, 4.69) is 15.5 Å². The van der Waals surface area contributed by atoms with Crippen LogP contribution in [0.15, 0.2) is 28.7 Å². The van der Waals surface area contributed by atoms with Gasteiger partial charge in [-0.2, -0.15) is 5.10 Å². The van der Waals surface area contributed by atoms with Gasteiger partial charge in [0.1, 0.15) is 5.82 Å². The summed E-state index contributed by atoms with van der Waals surface area (Å²) in [5.74, 6) is -2.32. The number of ether oxygens (including phenoxy) is 1. The Balaban J connectivity index is 2.04. The average Bonchev–Trinajstić information content (AvgIpc) is 2.96. The van der Waals surface area contributed by atoms with Gasteiger partial charge in [-0.1, -0.05) is 6.07 Å². The van der Waals surface area contributed by atoms with Crippen LogP contribution in [0.2, 0.25) is 0 Å². The Morgan fingerprint density at radius 1 is 1.50 bits per heavy atom. The van der Waals surface area contributed by atoms with Gasteiger partial charge in [0.2, 0.25) is 5.13 Å². The molecular weight excluding hydrogens is 337 g/mol. The van der Waals surface area contributed by atoms with Crippen LogP contribution in [0.3, 0.4) is 0 Å². The number of benzene rings is 1. The summed E-state index contributed by atoms with van der Waals surface area (Å²) in [6, 6.07) is 3.74. The fourth-order valence-corrected chi connectivity index (χ4v) is 2.47. The Morgan fingerprint density at radius 2 is 2.29 bits per heavy atom. The first-order valence-corrected chi connectivity index (χ1v) is 7.80. The van der Waals surface area contributed by atoms with Gasteiger partial charge in [0, 0.05) is 10.9 Å². The number of carbonyl (C=O) groups excluding carboxylic acids is 1. The lowest BCUT2D eigenvalue weighted by Gasteiger charge is -2.01. The summed E-state index contributed by atoms with van der Waals surface area (Å²) in [5, 5.41) is 14.9. The predicted octanol–water partition coefficient (Wildman–Crippen LogP) is 2.53. The van der Waals surface area contributed by atoms with Gasteiger partial charge in [-0.25, -0.2) is 14.2 Å². The lowest BCUT2D eigenvalue weighted by atomic mass is 10.1. The maximum absolute atomic E-state index is 13.7. The van der Waals surface area contributed by atoms with Gasteiger partial charge in [-0.05, 0) is 19.1 Å². The van der Waals surface area contributed by atoms with Crippen LogP contribution < -0.4 is 5.43 Å². The molecule has 126 valence electrons. The molecule has 0 saturated heterocycles. The van der Waals surface area contributed by atoms with Gasteiger partial charge >= 0.3 is 11.9 Å². The van der Waals surface area contributed by atoms with Crippen LogP contribution in [-0.2, 0) is 16.0 Å². The van der Waals surface area contributed by atoms with Gasteiger partial charge < -0.3 is 9.84 Å². The molecule has 0 amide bonds. The SMILES string of the molecule is CCOC(=O)Cc1csc(NN=Cc2c(F)cccc2C(=O)O)n1. The molecular formula is C15H14FN3O4S. The van der Waals surface area contributed by atoms with Crippen molar-refractivity contribution < 1.29 is 23.8 Å². The Labute approximate surface area is 140 Å². The monoisotopic (exact) mass is 351 g/mol. The summed E-state index contributed by atoms with van der Waals surface area (Å²) >= 11 is 1.21. The molecule has 2 N–H and O–H groups in total. The number of nitrogens with one attached hydrogen (secondary N) is 1. The van der Waals surface area contributed by atoms with Crippen molar-refractivity contribution in [3.05, 3.63) is 46.2 Å². The molecule has 1 heterocycles. The zero-order valence-electron chi connectivity index (χ0n) is 12.7. The second-order valence-corrected chi connectivity index (χ2v) is 5.36. The third-order valence-corrected chi connectivity index (χ3v) is 3.62. The quantitative estimate of drug-likeness (QED) is 0.452. The van der Waals surface area contributed by atoms with Crippen LogP contribution in [-0.4, -0.2) is 34.9 Å². The number of aromatic nitrogens is 1. The molecule has 0 unspecified atom stereocenters. The highest BCUT2D eigenvalue weighted by Crippen LogP contribution is 2.16. The van der Waals surface area contributed by atoms with E-state index in [4.69, 9.17) is 9.84 Å². The first kappa shape index (κ1) is 17.5. The van der Waals surface area contributed by atoms with Crippen LogP contribution in [0.1, 0.15) is 28.5 Å². The molecule has 0 aliphatic rings. The fraction of sp³-hybridized carbons (Fsp3) is 0.200. The maximum atomic E-state index is 13.7. The third-order valence-electron chi connectivity index (χ3n) is 2.82. The number of hydrogen-bond acceptors (Lipinski definition) is 7. The summed E-state index contributed by atoms with van der Waals surface area (Å²) < 4.78 is 18.5. The number of halogens is 1. The van der Waals surface area contributed by atoms with E-state index in [-0.39, 0.29) is 23.5 Å². The highest BCUT2D eigenvalue weighted by molar-refractivity contribution is 7.13. The van der Waals surface area contributed by atoms with E-state index in [1.807, 2.05) is 0 Å². The highest BCUT2D eigenvalue weighted by Gasteiger charge is 2.12. The van der Waals surface area contributed by atoms with Crippen LogP contribution in [0.25, 0.3) is 0 Å². The van der Waals surface area contributed by atoms with E-state index in [1.54, 1.807) is 12.3 Å². The van der Waals surface area contributed by atoms with E-state index in [9.17, 15) is 14.0 Å². The molecule has 2 rings (SSSR count). The number of esters is 1. The molecule has 0 saturated carbocycles. The molecule has 0 atom stereocenters. The minimum absolute atomic E-state index is 0.0478. The van der Waals surface area contributed by atoms with Crippen molar-refractivity contribution in [1.29, 1.82) is 0 Å². The van der Waals surface area contributed by atoms with E-state index in [0.29, 0.717) is 17.4 Å². The zero-order chi connectivity index (χ0) is 17.5. The Kier molecular flexibility index (Phi) is 5.96. The van der Waals surface area contributed by atoms with Crippen LogP contribution in [0, 0.1) is 5.82 Å². The van der Waals surface area contributed by atoms with Gasteiger partial charge in [-0.15, -0.1) is 11.3 Å². The number of carbonyl (C=O) groups is 2. The maximum Gasteiger partial charge on any atom is 0.336 e. The lowest BCUT2D eigenvalue weighted by Crippen LogP contribution is -2.07. The summed E-state index contributed by atoms with van der Waals surface area (Å²) in [7, 11) is 0. The average molecular weight is 351 g/mol. The Hall–Kier alpha value is -2.81. The van der Waals surface area contributed by atoms with Crippen LogP contribution >= 0.6 is 11.3 Å². The number of hydrazone groups is 1. The number of aromatic carboxylic acids is 1. The first-order chi connectivity index (χ1) is 11.5. The lowest BCUT2D eigenvalue weighted by molar-refractivity contribution is -0.142. The summed E-state index contributed by atoms with van der Waals surface area (Å²) in [6.45, 7) is 2.02. The minimum atomic E-state index is -1.25. The molecule has 2 aromatic rings. The molecule has 24 heavy (non-hydrogen) atoms. The standard InChI is InChI=1S/C15H14FN3O4S/c1-2-23-13(20)6-9-8-24-15(18-9)19-17-7-11-10(14(21)22)4-3-5-12(11)16/h3-5,7-8H,2,6H2,1H3,(H,18,19)(H,21,22). The van der Waals surface area contributed by atoms with Crippen molar-refractivity contribution in [3.63, 3.8) is 0 Å². The van der Waals surface area contributed by atoms with Gasteiger partial charge in [0.25, 0.3) is 0 Å². The number of carboxylic acids is 1. The molecule has 0 spiro atoms. The number of rotatable bonds is 7. The van der Waals surface area contributed by atoms with Crippen molar-refractivity contribution in [1.82, 2.24) is 4.98 Å². The van der Waals surface area contributed by atoms with Crippen molar-refractivity contribution in [2.45, 2.75) is 13.3 Å². The van der Waals surface area contributed by atoms with E-state index in [0.717, 1.165) is 12.3 Å². The third kappa shape index (κ3) is 4.59. The zero-order valence-corrected chi connectivity index (χ0v) is 13.5. The van der Waals surface area contributed by atoms with Crippen molar-refractivity contribution in [2.24, 2.45) is 5.10 Å². The highest BCUT2D eigenvalue weighted by atomic mass is 32.1. The van der Waals surface area contributed by atoms with Gasteiger partial charge in [-0.3, -0.25) is 10.2 Å². The predicted molar refractivity (Wildman–Crippen MR) is 87.0 cm³/mol. The topological polar surface area (TPSA) is 101 Å². The number of hydrogen-bond donors (Lipinski definition) is 2. The number of anilines is 1. The van der Waals surface area contributed by atoms with Crippen LogP contribution in [0.4, 0.5) is 9.52 Å². The largest absolute Gasteiger partial charge is 0.478 e. The Morgan fingerprint density at radius 3 is 3.00 bits per heavy atom. The van der Waals surface area contributed by atoms with Crippen molar-refractivity contribution >= 4 is 34.6 Å². The summed E-state index contributed by atoms with van der Waals surface area (Å²) in [4.78, 5) is 26.5. The molecule has 0 fully saturated rings.